The van der Waals surface area contributed by atoms with Gasteiger partial charge in [-0.2, -0.15) is 0 Å². The van der Waals surface area contributed by atoms with E-state index in [0.29, 0.717) is 13.1 Å². The summed E-state index contributed by atoms with van der Waals surface area (Å²) in [6.45, 7) is 6.57. The Morgan fingerprint density at radius 1 is 1.33 bits per heavy atom. The van der Waals surface area contributed by atoms with Crippen molar-refractivity contribution in [1.82, 2.24) is 21.1 Å². The lowest BCUT2D eigenvalue weighted by Gasteiger charge is -2.26. The molecule has 1 saturated heterocycles. The Hall–Kier alpha value is -1.99. The second-order valence-corrected chi connectivity index (χ2v) is 6.24. The van der Waals surface area contributed by atoms with Crippen LogP contribution in [0, 0.1) is 11.7 Å². The van der Waals surface area contributed by atoms with Gasteiger partial charge in [0.15, 0.2) is 0 Å². The largest absolute Gasteiger partial charge is 0.352 e. The summed E-state index contributed by atoms with van der Waals surface area (Å²) in [4.78, 5) is 26.3. The molecule has 24 heavy (non-hydrogen) atoms. The normalized spacial score (nSPS) is 20.2. The number of hydrogen-bond acceptors (Lipinski definition) is 4. The van der Waals surface area contributed by atoms with E-state index in [1.807, 2.05) is 20.8 Å². The van der Waals surface area contributed by atoms with Gasteiger partial charge in [0.2, 0.25) is 11.8 Å². The Morgan fingerprint density at radius 2 is 2.00 bits per heavy atom. The van der Waals surface area contributed by atoms with Gasteiger partial charge in [0, 0.05) is 19.1 Å². The molecule has 2 unspecified atom stereocenters. The molecule has 0 bridgehead atoms. The van der Waals surface area contributed by atoms with Crippen molar-refractivity contribution in [2.24, 2.45) is 5.92 Å². The first-order valence-corrected chi connectivity index (χ1v) is 8.24. The van der Waals surface area contributed by atoms with Crippen molar-refractivity contribution in [3.8, 4) is 0 Å². The first kappa shape index (κ1) is 18.4. The third kappa shape index (κ3) is 4.52. The lowest BCUT2D eigenvalue weighted by atomic mass is 9.93. The van der Waals surface area contributed by atoms with Crippen LogP contribution < -0.4 is 16.2 Å². The van der Waals surface area contributed by atoms with Gasteiger partial charge in [-0.15, -0.1) is 0 Å². The molecule has 2 atom stereocenters. The molecule has 0 aliphatic carbocycles. The van der Waals surface area contributed by atoms with Gasteiger partial charge in [-0.25, -0.2) is 9.82 Å². The van der Waals surface area contributed by atoms with Gasteiger partial charge in [-0.05, 0) is 38.5 Å². The van der Waals surface area contributed by atoms with E-state index < -0.39 is 0 Å². The number of amides is 2. The Kier molecular flexibility index (Phi) is 6.28. The van der Waals surface area contributed by atoms with Gasteiger partial charge in [0.25, 0.3) is 0 Å². The van der Waals surface area contributed by atoms with Gasteiger partial charge >= 0.3 is 0 Å². The monoisotopic (exact) mass is 336 g/mol. The fourth-order valence-corrected chi connectivity index (χ4v) is 2.83. The molecule has 132 valence electrons. The molecule has 0 saturated carbocycles. The summed E-state index contributed by atoms with van der Waals surface area (Å²) in [6, 6.07) is 5.88. The highest BCUT2D eigenvalue weighted by Crippen LogP contribution is 2.26. The lowest BCUT2D eigenvalue weighted by molar-refractivity contribution is -0.139. The number of hydrazine groups is 1. The number of nitrogens with one attached hydrogen (secondary N) is 3. The van der Waals surface area contributed by atoms with Crippen LogP contribution in [0.4, 0.5) is 4.39 Å². The van der Waals surface area contributed by atoms with Crippen LogP contribution in [-0.4, -0.2) is 42.4 Å². The van der Waals surface area contributed by atoms with Gasteiger partial charge < -0.3 is 10.2 Å². The Bertz CT molecular complexity index is 576. The summed E-state index contributed by atoms with van der Waals surface area (Å²) in [5, 5.41) is 2.80. The minimum Gasteiger partial charge on any atom is -0.352 e. The van der Waals surface area contributed by atoms with Gasteiger partial charge in [0.1, 0.15) is 5.82 Å². The second-order valence-electron chi connectivity index (χ2n) is 6.24. The van der Waals surface area contributed by atoms with Crippen molar-refractivity contribution in [2.45, 2.75) is 32.9 Å². The van der Waals surface area contributed by atoms with Crippen LogP contribution in [0.2, 0.25) is 0 Å². The van der Waals surface area contributed by atoms with Gasteiger partial charge in [0.05, 0.1) is 18.5 Å². The van der Waals surface area contributed by atoms with Crippen molar-refractivity contribution in [3.63, 3.8) is 0 Å². The van der Waals surface area contributed by atoms with E-state index in [1.54, 1.807) is 17.0 Å². The van der Waals surface area contributed by atoms with Gasteiger partial charge in [-0.1, -0.05) is 12.1 Å². The van der Waals surface area contributed by atoms with E-state index in [0.717, 1.165) is 5.56 Å². The Balaban J connectivity index is 2.07. The van der Waals surface area contributed by atoms with E-state index in [1.165, 1.54) is 12.1 Å². The van der Waals surface area contributed by atoms with E-state index in [4.69, 9.17) is 0 Å². The number of hydrogen-bond donors (Lipinski definition) is 3. The van der Waals surface area contributed by atoms with E-state index in [9.17, 15) is 14.0 Å². The lowest BCUT2D eigenvalue weighted by Crippen LogP contribution is -2.46. The maximum Gasteiger partial charge on any atom is 0.239 e. The molecule has 2 rings (SSSR count). The predicted octanol–water partition coefficient (Wildman–Crippen LogP) is 0.964. The number of benzene rings is 1. The standard InChI is InChI=1S/C17H25FN4O2/c1-4-22(10-15(23)20-11(2)3)17(24)14-9-19-21-16(14)12-5-7-13(18)8-6-12/h5-8,11,14,16,19,21H,4,9-10H2,1-3H3,(H,20,23). The predicted molar refractivity (Wildman–Crippen MR) is 89.3 cm³/mol. The van der Waals surface area contributed by atoms with Crippen LogP contribution in [0.5, 0.6) is 0 Å². The molecule has 0 spiro atoms. The maximum atomic E-state index is 13.1. The summed E-state index contributed by atoms with van der Waals surface area (Å²) in [5.41, 5.74) is 6.89. The zero-order valence-electron chi connectivity index (χ0n) is 14.3. The summed E-state index contributed by atoms with van der Waals surface area (Å²) < 4.78 is 13.1. The minimum atomic E-state index is -0.345. The summed E-state index contributed by atoms with van der Waals surface area (Å²) in [7, 11) is 0. The van der Waals surface area contributed by atoms with Crippen molar-refractivity contribution in [1.29, 1.82) is 0 Å². The smallest absolute Gasteiger partial charge is 0.239 e. The third-order valence-electron chi connectivity index (χ3n) is 4.01. The number of nitrogens with zero attached hydrogens (tertiary/aromatic N) is 1. The summed E-state index contributed by atoms with van der Waals surface area (Å²) in [6.07, 6.45) is 0. The third-order valence-corrected chi connectivity index (χ3v) is 4.01. The Morgan fingerprint density at radius 3 is 2.58 bits per heavy atom. The molecule has 1 aromatic rings. The zero-order valence-corrected chi connectivity index (χ0v) is 14.3. The highest BCUT2D eigenvalue weighted by atomic mass is 19.1. The summed E-state index contributed by atoms with van der Waals surface area (Å²) >= 11 is 0. The van der Waals surface area contributed by atoms with Crippen LogP contribution in [0.15, 0.2) is 24.3 Å². The van der Waals surface area contributed by atoms with Crippen molar-refractivity contribution < 1.29 is 14.0 Å². The van der Waals surface area contributed by atoms with Crippen molar-refractivity contribution in [3.05, 3.63) is 35.6 Å². The molecule has 0 aromatic heterocycles. The fraction of sp³-hybridized carbons (Fsp3) is 0.529. The number of carbonyl (C=O) groups is 2. The van der Waals surface area contributed by atoms with E-state index >= 15 is 0 Å². The SMILES string of the molecule is CCN(CC(=O)NC(C)C)C(=O)C1CNNC1c1ccc(F)cc1. The Labute approximate surface area is 141 Å². The molecule has 2 amide bonds. The molecule has 6 nitrogen and oxygen atoms in total. The number of carbonyl (C=O) groups excluding carboxylic acids is 2. The average Bonchev–Trinajstić information content (AvgIpc) is 3.01. The number of rotatable bonds is 6. The topological polar surface area (TPSA) is 73.5 Å². The molecule has 1 aromatic carbocycles. The van der Waals surface area contributed by atoms with Crippen molar-refractivity contribution in [2.75, 3.05) is 19.6 Å². The first-order valence-electron chi connectivity index (χ1n) is 8.24. The first-order chi connectivity index (χ1) is 11.4. The molecular formula is C17H25FN4O2. The van der Waals surface area contributed by atoms with Gasteiger partial charge in [-0.3, -0.25) is 15.0 Å². The number of likely N-dealkylation sites (N-methyl/N-ethyl adjacent to an activating group) is 1. The van der Waals surface area contributed by atoms with Crippen LogP contribution >= 0.6 is 0 Å². The van der Waals surface area contributed by atoms with Crippen molar-refractivity contribution >= 4 is 11.8 Å². The molecule has 1 heterocycles. The maximum absolute atomic E-state index is 13.1. The molecule has 0 radical (unpaired) electrons. The molecule has 7 heteroatoms. The average molecular weight is 336 g/mol. The molecule has 3 N–H and O–H groups in total. The molecule has 1 aliphatic heterocycles. The molecule has 1 aliphatic rings. The highest BCUT2D eigenvalue weighted by Gasteiger charge is 2.36. The van der Waals surface area contributed by atoms with Crippen LogP contribution in [0.25, 0.3) is 0 Å². The second kappa shape index (κ2) is 8.21. The quantitative estimate of drug-likeness (QED) is 0.724. The highest BCUT2D eigenvalue weighted by molar-refractivity contribution is 5.86. The van der Waals surface area contributed by atoms with Crippen LogP contribution in [0.1, 0.15) is 32.4 Å². The molecule has 1 fully saturated rings. The van der Waals surface area contributed by atoms with Crippen LogP contribution in [-0.2, 0) is 9.59 Å². The van der Waals surface area contributed by atoms with Crippen LogP contribution in [0.3, 0.4) is 0 Å². The minimum absolute atomic E-state index is 0.0353. The van der Waals surface area contributed by atoms with E-state index in [-0.39, 0.29) is 42.2 Å². The zero-order chi connectivity index (χ0) is 17.7. The molecular weight excluding hydrogens is 311 g/mol. The summed E-state index contributed by atoms with van der Waals surface area (Å²) in [5.74, 6) is -0.920. The fourth-order valence-electron chi connectivity index (χ4n) is 2.83. The number of halogens is 1. The van der Waals surface area contributed by atoms with E-state index in [2.05, 4.69) is 16.2 Å².